The van der Waals surface area contributed by atoms with Gasteiger partial charge < -0.3 is 30.7 Å². The van der Waals surface area contributed by atoms with E-state index in [9.17, 15) is 24.0 Å². The number of rotatable bonds is 12. The number of hydrogen-bond donors (Lipinski definition) is 4. The predicted molar refractivity (Wildman–Crippen MR) is 139 cm³/mol. The predicted octanol–water partition coefficient (Wildman–Crippen LogP) is 1.21. The van der Waals surface area contributed by atoms with E-state index in [0.29, 0.717) is 0 Å². The van der Waals surface area contributed by atoms with Crippen LogP contribution in [0.2, 0.25) is 0 Å². The largest absolute Gasteiger partial charge is 0.459 e. The molecule has 4 N–H and O–H groups in total. The Kier molecular flexibility index (Phi) is 11.8. The van der Waals surface area contributed by atoms with Crippen LogP contribution in [0.4, 0.5) is 4.79 Å². The van der Waals surface area contributed by atoms with E-state index in [4.69, 9.17) is 9.47 Å². The van der Waals surface area contributed by atoms with Gasteiger partial charge in [0, 0.05) is 6.42 Å². The number of esters is 1. The molecule has 0 aliphatic carbocycles. The molecule has 38 heavy (non-hydrogen) atoms. The zero-order valence-corrected chi connectivity index (χ0v) is 21.7. The van der Waals surface area contributed by atoms with Crippen molar-refractivity contribution in [2.24, 2.45) is 0 Å². The number of benzene rings is 2. The van der Waals surface area contributed by atoms with Gasteiger partial charge in [-0.05, 0) is 31.9 Å². The van der Waals surface area contributed by atoms with Crippen LogP contribution in [0.1, 0.15) is 31.9 Å². The summed E-state index contributed by atoms with van der Waals surface area (Å²) in [4.78, 5) is 61.0. The molecule has 0 radical (unpaired) electrons. The van der Waals surface area contributed by atoms with Crippen molar-refractivity contribution in [2.75, 3.05) is 19.6 Å². The highest BCUT2D eigenvalue weighted by Crippen LogP contribution is 2.07. The zero-order chi connectivity index (χ0) is 28.0. The molecule has 11 nitrogen and oxygen atoms in total. The summed E-state index contributed by atoms with van der Waals surface area (Å²) in [5, 5.41) is 9.71. The summed E-state index contributed by atoms with van der Waals surface area (Å²) in [5.41, 5.74) is 0.877. The number of amides is 4. The SMILES string of the molecule is CC(C)(C)OC(=O)CNC(=O)[C@H](Cc1ccccc1)NC(=O)CNC(=O)CNC(=O)OCc1ccccc1. The maximum absolute atomic E-state index is 12.8. The molecule has 11 heteroatoms. The summed E-state index contributed by atoms with van der Waals surface area (Å²) in [7, 11) is 0. The average Bonchev–Trinajstić information content (AvgIpc) is 2.88. The summed E-state index contributed by atoms with van der Waals surface area (Å²) in [5.74, 6) is -2.44. The molecule has 204 valence electrons. The van der Waals surface area contributed by atoms with Crippen LogP contribution in [0.5, 0.6) is 0 Å². The van der Waals surface area contributed by atoms with Crippen molar-refractivity contribution >= 4 is 29.8 Å². The fraction of sp³-hybridized carbons (Fsp3) is 0.370. The molecule has 0 unspecified atom stereocenters. The summed E-state index contributed by atoms with van der Waals surface area (Å²) in [6, 6.07) is 17.0. The molecule has 4 amide bonds. The third kappa shape index (κ3) is 12.5. The Morgan fingerprint density at radius 1 is 0.737 bits per heavy atom. The van der Waals surface area contributed by atoms with Gasteiger partial charge in [0.2, 0.25) is 17.7 Å². The number of hydrogen-bond acceptors (Lipinski definition) is 7. The minimum Gasteiger partial charge on any atom is -0.459 e. The molecular weight excluding hydrogens is 492 g/mol. The molecule has 1 atom stereocenters. The Bertz CT molecular complexity index is 1090. The third-order valence-electron chi connectivity index (χ3n) is 4.81. The molecule has 0 aliphatic rings. The highest BCUT2D eigenvalue weighted by molar-refractivity contribution is 5.92. The third-order valence-corrected chi connectivity index (χ3v) is 4.81. The van der Waals surface area contributed by atoms with Crippen molar-refractivity contribution in [3.8, 4) is 0 Å². The van der Waals surface area contributed by atoms with E-state index < -0.39 is 54.5 Å². The molecular formula is C27H34N4O7. The van der Waals surface area contributed by atoms with Gasteiger partial charge in [-0.15, -0.1) is 0 Å². The van der Waals surface area contributed by atoms with Crippen molar-refractivity contribution in [1.29, 1.82) is 0 Å². The van der Waals surface area contributed by atoms with Crippen LogP contribution in [0.25, 0.3) is 0 Å². The molecule has 0 spiro atoms. The van der Waals surface area contributed by atoms with Gasteiger partial charge in [-0.3, -0.25) is 19.2 Å². The van der Waals surface area contributed by atoms with Crippen molar-refractivity contribution in [3.05, 3.63) is 71.8 Å². The maximum Gasteiger partial charge on any atom is 0.407 e. The van der Waals surface area contributed by atoms with Gasteiger partial charge in [0.05, 0.1) is 6.54 Å². The van der Waals surface area contributed by atoms with Crippen LogP contribution in [-0.2, 0) is 41.7 Å². The van der Waals surface area contributed by atoms with Gasteiger partial charge in [-0.1, -0.05) is 60.7 Å². The van der Waals surface area contributed by atoms with Crippen molar-refractivity contribution < 1.29 is 33.4 Å². The second-order valence-electron chi connectivity index (χ2n) is 9.31. The number of nitrogens with one attached hydrogen (secondary N) is 4. The summed E-state index contributed by atoms with van der Waals surface area (Å²) in [6.45, 7) is 4.00. The van der Waals surface area contributed by atoms with Gasteiger partial charge in [-0.25, -0.2) is 4.79 Å². The lowest BCUT2D eigenvalue weighted by Crippen LogP contribution is -2.52. The molecule has 0 bridgehead atoms. The van der Waals surface area contributed by atoms with E-state index in [1.54, 1.807) is 57.2 Å². The Morgan fingerprint density at radius 3 is 1.92 bits per heavy atom. The van der Waals surface area contributed by atoms with Gasteiger partial charge in [0.1, 0.15) is 31.3 Å². The number of alkyl carbamates (subject to hydrolysis) is 1. The van der Waals surface area contributed by atoms with Crippen molar-refractivity contribution in [2.45, 2.75) is 45.4 Å². The second kappa shape index (κ2) is 15.0. The first-order valence-corrected chi connectivity index (χ1v) is 12.1. The minimum absolute atomic E-state index is 0.0511. The number of carbonyl (C=O) groups is 5. The molecule has 0 saturated carbocycles. The Labute approximate surface area is 221 Å². The van der Waals surface area contributed by atoms with E-state index in [1.165, 1.54) is 0 Å². The lowest BCUT2D eigenvalue weighted by atomic mass is 10.1. The normalized spacial score (nSPS) is 11.4. The van der Waals surface area contributed by atoms with E-state index in [-0.39, 0.29) is 19.6 Å². The van der Waals surface area contributed by atoms with Crippen LogP contribution >= 0.6 is 0 Å². The van der Waals surface area contributed by atoms with Crippen LogP contribution in [0.15, 0.2) is 60.7 Å². The summed E-state index contributed by atoms with van der Waals surface area (Å²) >= 11 is 0. The van der Waals surface area contributed by atoms with Crippen LogP contribution in [0.3, 0.4) is 0 Å². The van der Waals surface area contributed by atoms with Crippen LogP contribution in [-0.4, -0.2) is 61.1 Å². The van der Waals surface area contributed by atoms with E-state index in [1.807, 2.05) is 24.3 Å². The molecule has 0 fully saturated rings. The smallest absolute Gasteiger partial charge is 0.407 e. The van der Waals surface area contributed by atoms with Gasteiger partial charge >= 0.3 is 12.1 Å². The molecule has 0 aromatic heterocycles. The molecule has 0 saturated heterocycles. The quantitative estimate of drug-likeness (QED) is 0.304. The number of carbonyl (C=O) groups excluding carboxylic acids is 5. The van der Waals surface area contributed by atoms with E-state index in [0.717, 1.165) is 11.1 Å². The van der Waals surface area contributed by atoms with E-state index >= 15 is 0 Å². The Hall–Kier alpha value is -4.41. The lowest BCUT2D eigenvalue weighted by molar-refractivity contribution is -0.154. The van der Waals surface area contributed by atoms with Gasteiger partial charge in [0.25, 0.3) is 0 Å². The second-order valence-corrected chi connectivity index (χ2v) is 9.31. The first kappa shape index (κ1) is 29.8. The molecule has 2 aromatic carbocycles. The first-order chi connectivity index (χ1) is 18.0. The molecule has 0 aliphatic heterocycles. The highest BCUT2D eigenvalue weighted by Gasteiger charge is 2.23. The summed E-state index contributed by atoms with van der Waals surface area (Å²) in [6.07, 6.45) is -0.617. The molecule has 0 heterocycles. The first-order valence-electron chi connectivity index (χ1n) is 12.1. The monoisotopic (exact) mass is 526 g/mol. The average molecular weight is 527 g/mol. The highest BCUT2D eigenvalue weighted by atomic mass is 16.6. The fourth-order valence-electron chi connectivity index (χ4n) is 3.13. The van der Waals surface area contributed by atoms with E-state index in [2.05, 4.69) is 21.3 Å². The van der Waals surface area contributed by atoms with Gasteiger partial charge in [0.15, 0.2) is 0 Å². The zero-order valence-electron chi connectivity index (χ0n) is 21.7. The Balaban J connectivity index is 1.81. The number of ether oxygens (including phenoxy) is 2. The van der Waals surface area contributed by atoms with Gasteiger partial charge in [-0.2, -0.15) is 0 Å². The van der Waals surface area contributed by atoms with Crippen LogP contribution in [0, 0.1) is 0 Å². The summed E-state index contributed by atoms with van der Waals surface area (Å²) < 4.78 is 10.2. The lowest BCUT2D eigenvalue weighted by Gasteiger charge is -2.21. The topological polar surface area (TPSA) is 152 Å². The maximum atomic E-state index is 12.8. The molecule has 2 rings (SSSR count). The van der Waals surface area contributed by atoms with Crippen molar-refractivity contribution in [1.82, 2.24) is 21.3 Å². The standard InChI is InChI=1S/C27H34N4O7/c1-27(2,3)38-24(34)17-29-25(35)21(14-19-10-6-4-7-11-19)31-23(33)16-28-22(32)15-30-26(36)37-18-20-12-8-5-9-13-20/h4-13,21H,14-18H2,1-3H3,(H,28,32)(H,29,35)(H,30,36)(H,31,33)/t21-/m0/s1. The fourth-order valence-corrected chi connectivity index (χ4v) is 3.13. The minimum atomic E-state index is -1.00. The molecule has 2 aromatic rings. The Morgan fingerprint density at radius 2 is 1.32 bits per heavy atom. The van der Waals surface area contributed by atoms with Crippen molar-refractivity contribution in [3.63, 3.8) is 0 Å². The van der Waals surface area contributed by atoms with Crippen LogP contribution < -0.4 is 21.3 Å².